The normalized spacial score (nSPS) is 14.9. The molecule has 4 aromatic rings. The van der Waals surface area contributed by atoms with E-state index in [2.05, 4.69) is 24.4 Å². The number of aryl methyl sites for hydroxylation is 1. The number of benzene rings is 2. The van der Waals surface area contributed by atoms with Crippen molar-refractivity contribution < 1.29 is 4.74 Å². The van der Waals surface area contributed by atoms with E-state index >= 15 is 0 Å². The van der Waals surface area contributed by atoms with Crippen LogP contribution in [-0.2, 0) is 17.8 Å². The highest BCUT2D eigenvalue weighted by molar-refractivity contribution is 7.18. The van der Waals surface area contributed by atoms with E-state index in [1.165, 1.54) is 11.3 Å². The predicted octanol–water partition coefficient (Wildman–Crippen LogP) is 5.12. The Labute approximate surface area is 208 Å². The highest BCUT2D eigenvalue weighted by Crippen LogP contribution is 2.37. The third-order valence-corrected chi connectivity index (χ3v) is 7.28. The molecule has 0 atom stereocenters. The molecule has 0 aliphatic carbocycles. The molecule has 0 radical (unpaired) electrons. The number of hydrazone groups is 1. The van der Waals surface area contributed by atoms with Gasteiger partial charge in [-0.1, -0.05) is 29.8 Å². The van der Waals surface area contributed by atoms with Crippen LogP contribution in [0.1, 0.15) is 35.4 Å². The van der Waals surface area contributed by atoms with Gasteiger partial charge in [-0.2, -0.15) is 5.10 Å². The Hall–Kier alpha value is -3.49. The van der Waals surface area contributed by atoms with Crippen LogP contribution in [0.15, 0.2) is 58.4 Å². The molecule has 0 spiro atoms. The van der Waals surface area contributed by atoms with Crippen molar-refractivity contribution in [2.75, 3.05) is 24.4 Å². The van der Waals surface area contributed by atoms with E-state index in [0.29, 0.717) is 29.2 Å². The first-order chi connectivity index (χ1) is 16.7. The Morgan fingerprint density at radius 1 is 1.14 bits per heavy atom. The summed E-state index contributed by atoms with van der Waals surface area (Å²) >= 11 is 1.52. The maximum absolute atomic E-state index is 13.9. The van der Waals surface area contributed by atoms with Crippen LogP contribution < -0.4 is 15.9 Å². The van der Waals surface area contributed by atoms with Crippen LogP contribution in [0.3, 0.4) is 0 Å². The van der Waals surface area contributed by atoms with Crippen molar-refractivity contribution in [3.63, 3.8) is 0 Å². The van der Waals surface area contributed by atoms with Crippen LogP contribution in [0.4, 0.5) is 11.6 Å². The van der Waals surface area contributed by atoms with Gasteiger partial charge in [0.15, 0.2) is 0 Å². The fourth-order valence-electron chi connectivity index (χ4n) is 4.22. The minimum absolute atomic E-state index is 0.0953. The highest BCUT2D eigenvalue weighted by atomic mass is 32.1. The third-order valence-electron chi connectivity index (χ3n) is 6.18. The molecule has 0 fully saturated rings. The number of nitrogens with zero attached hydrogens (tertiary/aromatic N) is 4. The van der Waals surface area contributed by atoms with Gasteiger partial charge in [0.1, 0.15) is 4.83 Å². The second-order valence-electron chi connectivity index (χ2n) is 9.68. The Bertz CT molecular complexity index is 1460. The molecule has 0 unspecified atom stereocenters. The number of fused-ring (bicyclic) bond motifs is 3. The number of nitrogens with one attached hydrogen (secondary N) is 1. The second kappa shape index (κ2) is 8.94. The second-order valence-corrected chi connectivity index (χ2v) is 10.8. The van der Waals surface area contributed by atoms with E-state index in [4.69, 9.17) is 9.72 Å². The lowest BCUT2D eigenvalue weighted by molar-refractivity contribution is -0.0379. The third kappa shape index (κ3) is 4.59. The largest absolute Gasteiger partial charge is 0.378 e. The molecule has 180 valence electrons. The number of anilines is 2. The van der Waals surface area contributed by atoms with Crippen LogP contribution in [0.2, 0.25) is 0 Å². The predicted molar refractivity (Wildman–Crippen MR) is 145 cm³/mol. The van der Waals surface area contributed by atoms with Gasteiger partial charge in [0.25, 0.3) is 5.56 Å². The summed E-state index contributed by atoms with van der Waals surface area (Å²) in [6.45, 7) is 6.63. The van der Waals surface area contributed by atoms with E-state index in [-0.39, 0.29) is 11.2 Å². The lowest BCUT2D eigenvalue weighted by atomic mass is 9.94. The SMILES string of the molecule is Cc1ccc(-n2c(NN=Cc3ccc(N(C)C)cc3)nc3sc4c(c3c2=O)CC(C)(C)OC4)cc1. The van der Waals surface area contributed by atoms with Crippen molar-refractivity contribution in [1.29, 1.82) is 0 Å². The van der Waals surface area contributed by atoms with Crippen LogP contribution >= 0.6 is 11.3 Å². The first kappa shape index (κ1) is 23.3. The quantitative estimate of drug-likeness (QED) is 0.313. The minimum atomic E-state index is -0.314. The smallest absolute Gasteiger partial charge is 0.268 e. The van der Waals surface area contributed by atoms with Crippen molar-refractivity contribution in [2.45, 2.75) is 39.4 Å². The molecule has 8 heteroatoms. The zero-order valence-corrected chi connectivity index (χ0v) is 21.4. The van der Waals surface area contributed by atoms with Crippen LogP contribution in [0, 0.1) is 6.92 Å². The zero-order chi connectivity index (χ0) is 24.7. The molecule has 0 amide bonds. The summed E-state index contributed by atoms with van der Waals surface area (Å²) < 4.78 is 7.60. The van der Waals surface area contributed by atoms with E-state index < -0.39 is 0 Å². The summed E-state index contributed by atoms with van der Waals surface area (Å²) in [6, 6.07) is 15.9. The van der Waals surface area contributed by atoms with Gasteiger partial charge in [-0.3, -0.25) is 4.79 Å². The molecular weight excluding hydrogens is 458 g/mol. The summed E-state index contributed by atoms with van der Waals surface area (Å²) in [7, 11) is 4.01. The average molecular weight is 488 g/mol. The fourth-order valence-corrected chi connectivity index (χ4v) is 5.32. The number of thiophene rings is 1. The summed E-state index contributed by atoms with van der Waals surface area (Å²) in [4.78, 5) is 22.6. The summed E-state index contributed by atoms with van der Waals surface area (Å²) in [5, 5.41) is 5.09. The van der Waals surface area contributed by atoms with Gasteiger partial charge in [0.2, 0.25) is 5.95 Å². The highest BCUT2D eigenvalue weighted by Gasteiger charge is 2.31. The Kier molecular flexibility index (Phi) is 5.94. The van der Waals surface area contributed by atoms with Gasteiger partial charge in [-0.05, 0) is 56.2 Å². The van der Waals surface area contributed by atoms with Crippen LogP contribution in [0.25, 0.3) is 15.9 Å². The number of hydrogen-bond acceptors (Lipinski definition) is 7. The molecule has 35 heavy (non-hydrogen) atoms. The van der Waals surface area contributed by atoms with E-state index in [1.54, 1.807) is 10.8 Å². The molecule has 5 rings (SSSR count). The fraction of sp³-hybridized carbons (Fsp3) is 0.296. The molecular formula is C27H29N5O2S. The van der Waals surface area contributed by atoms with E-state index in [0.717, 1.165) is 32.9 Å². The lowest BCUT2D eigenvalue weighted by Gasteiger charge is -2.29. The Balaban J connectivity index is 1.58. The average Bonchev–Trinajstić information content (AvgIpc) is 3.17. The van der Waals surface area contributed by atoms with E-state index in [9.17, 15) is 4.79 Å². The van der Waals surface area contributed by atoms with Gasteiger partial charge in [-0.25, -0.2) is 15.0 Å². The van der Waals surface area contributed by atoms with Crippen LogP contribution in [-0.4, -0.2) is 35.5 Å². The number of ether oxygens (including phenoxy) is 1. The molecule has 7 nitrogen and oxygen atoms in total. The van der Waals surface area contributed by atoms with Gasteiger partial charge in [-0.15, -0.1) is 11.3 Å². The molecule has 0 bridgehead atoms. The molecule has 0 saturated heterocycles. The molecule has 2 aromatic carbocycles. The maximum Gasteiger partial charge on any atom is 0.268 e. The standard InChI is InChI=1S/C27H29N5O2S/c1-17-6-10-20(11-7-17)32-25(33)23-21-14-27(2,3)34-16-22(21)35-24(23)29-26(32)30-28-15-18-8-12-19(13-9-18)31(4)5/h6-13,15H,14,16H2,1-5H3,(H,29,30). The van der Waals surface area contributed by atoms with E-state index in [1.807, 2.05) is 74.4 Å². The summed E-state index contributed by atoms with van der Waals surface area (Å²) in [5.41, 5.74) is 7.60. The van der Waals surface area contributed by atoms with Crippen molar-refractivity contribution in [2.24, 2.45) is 5.10 Å². The van der Waals surface area contributed by atoms with Gasteiger partial charge >= 0.3 is 0 Å². The molecule has 2 aromatic heterocycles. The molecule has 1 aliphatic heterocycles. The van der Waals surface area contributed by atoms with Gasteiger partial charge in [0, 0.05) is 31.1 Å². The summed E-state index contributed by atoms with van der Waals surface area (Å²) in [5.74, 6) is 0.381. The molecule has 0 saturated carbocycles. The minimum Gasteiger partial charge on any atom is -0.378 e. The topological polar surface area (TPSA) is 71.8 Å². The van der Waals surface area contributed by atoms with Crippen molar-refractivity contribution in [1.82, 2.24) is 9.55 Å². The molecule has 3 heterocycles. The Morgan fingerprint density at radius 2 is 1.86 bits per heavy atom. The van der Waals surface area contributed by atoms with Crippen molar-refractivity contribution >= 4 is 39.4 Å². The summed E-state index contributed by atoms with van der Waals surface area (Å²) in [6.07, 6.45) is 2.41. The first-order valence-corrected chi connectivity index (χ1v) is 12.4. The lowest BCUT2D eigenvalue weighted by Crippen LogP contribution is -2.32. The number of hydrogen-bond donors (Lipinski definition) is 1. The van der Waals surface area contributed by atoms with Crippen molar-refractivity contribution in [3.05, 3.63) is 80.5 Å². The Morgan fingerprint density at radius 3 is 2.54 bits per heavy atom. The zero-order valence-electron chi connectivity index (χ0n) is 20.6. The van der Waals surface area contributed by atoms with Crippen molar-refractivity contribution in [3.8, 4) is 5.69 Å². The molecule has 1 aliphatic rings. The maximum atomic E-state index is 13.9. The first-order valence-electron chi connectivity index (χ1n) is 11.6. The molecule has 1 N–H and O–H groups in total. The number of rotatable bonds is 5. The monoisotopic (exact) mass is 487 g/mol. The van der Waals surface area contributed by atoms with Gasteiger partial charge < -0.3 is 9.64 Å². The van der Waals surface area contributed by atoms with Gasteiger partial charge in [0.05, 0.1) is 29.5 Å². The number of aromatic nitrogens is 2. The van der Waals surface area contributed by atoms with Crippen LogP contribution in [0.5, 0.6) is 0 Å².